The molecule has 1 fully saturated rings. The van der Waals surface area contributed by atoms with Gasteiger partial charge in [0.25, 0.3) is 5.91 Å². The number of amides is 1. The third-order valence-electron chi connectivity index (χ3n) is 4.44. The fourth-order valence-corrected chi connectivity index (χ4v) is 3.04. The van der Waals surface area contributed by atoms with Crippen molar-refractivity contribution >= 4 is 5.91 Å². The highest BCUT2D eigenvalue weighted by Gasteiger charge is 2.31. The number of carbonyl (C=O) groups is 1. The largest absolute Gasteiger partial charge is 0.345 e. The molecule has 23 heavy (non-hydrogen) atoms. The van der Waals surface area contributed by atoms with Crippen molar-refractivity contribution in [3.05, 3.63) is 41.7 Å². The molecule has 7 nitrogen and oxygen atoms in total. The van der Waals surface area contributed by atoms with Gasteiger partial charge in [-0.05, 0) is 13.1 Å². The molecule has 0 radical (unpaired) electrons. The highest BCUT2D eigenvalue weighted by Crippen LogP contribution is 2.23. The lowest BCUT2D eigenvalue weighted by atomic mass is 10.1. The van der Waals surface area contributed by atoms with Gasteiger partial charge in [-0.25, -0.2) is 4.98 Å². The van der Waals surface area contributed by atoms with Crippen molar-refractivity contribution in [2.45, 2.75) is 6.04 Å². The van der Waals surface area contributed by atoms with Gasteiger partial charge in [0, 0.05) is 52.3 Å². The van der Waals surface area contributed by atoms with Gasteiger partial charge in [0.2, 0.25) is 0 Å². The standard InChI is InChI=1S/C16H20N6O/c1-19-6-7-22(11-14(19)15-18-4-5-20(15)2)16(23)13-8-12(9-17)10-21(13)3/h4-5,8,10,14H,6-7,11H2,1-3H3/t14-/m0/s1. The molecule has 1 atom stereocenters. The van der Waals surface area contributed by atoms with Crippen molar-refractivity contribution in [3.63, 3.8) is 0 Å². The number of rotatable bonds is 2. The smallest absolute Gasteiger partial charge is 0.270 e. The second-order valence-electron chi connectivity index (χ2n) is 5.98. The predicted molar refractivity (Wildman–Crippen MR) is 84.6 cm³/mol. The summed E-state index contributed by atoms with van der Waals surface area (Å²) in [5, 5.41) is 8.99. The van der Waals surface area contributed by atoms with Gasteiger partial charge >= 0.3 is 0 Å². The maximum atomic E-state index is 12.8. The van der Waals surface area contributed by atoms with E-state index in [9.17, 15) is 4.79 Å². The summed E-state index contributed by atoms with van der Waals surface area (Å²) >= 11 is 0. The third kappa shape index (κ3) is 2.73. The van der Waals surface area contributed by atoms with Crippen LogP contribution in [0.25, 0.3) is 0 Å². The van der Waals surface area contributed by atoms with Gasteiger partial charge in [0.1, 0.15) is 17.6 Å². The van der Waals surface area contributed by atoms with E-state index in [0.29, 0.717) is 24.3 Å². The van der Waals surface area contributed by atoms with Gasteiger partial charge in [-0.2, -0.15) is 5.26 Å². The first-order valence-electron chi connectivity index (χ1n) is 7.54. The molecule has 0 saturated carbocycles. The molecule has 1 aliphatic rings. The van der Waals surface area contributed by atoms with E-state index in [1.807, 2.05) is 22.7 Å². The lowest BCUT2D eigenvalue weighted by Gasteiger charge is -2.39. The number of carbonyl (C=O) groups excluding carboxylic acids is 1. The van der Waals surface area contributed by atoms with Crippen LogP contribution in [0.5, 0.6) is 0 Å². The zero-order chi connectivity index (χ0) is 16.6. The number of nitriles is 1. The minimum atomic E-state index is -0.0405. The number of nitrogens with zero attached hydrogens (tertiary/aromatic N) is 6. The summed E-state index contributed by atoms with van der Waals surface area (Å²) in [5.41, 5.74) is 1.05. The van der Waals surface area contributed by atoms with Crippen LogP contribution in [0.2, 0.25) is 0 Å². The maximum Gasteiger partial charge on any atom is 0.270 e. The fraction of sp³-hybridized carbons (Fsp3) is 0.438. The van der Waals surface area contributed by atoms with E-state index in [4.69, 9.17) is 5.26 Å². The van der Waals surface area contributed by atoms with Crippen LogP contribution >= 0.6 is 0 Å². The third-order valence-corrected chi connectivity index (χ3v) is 4.44. The molecule has 2 aromatic rings. The Morgan fingerprint density at radius 1 is 1.30 bits per heavy atom. The highest BCUT2D eigenvalue weighted by atomic mass is 16.2. The van der Waals surface area contributed by atoms with Crippen molar-refractivity contribution in [2.24, 2.45) is 14.1 Å². The molecule has 0 bridgehead atoms. The summed E-state index contributed by atoms with van der Waals surface area (Å²) in [4.78, 5) is 21.3. The summed E-state index contributed by atoms with van der Waals surface area (Å²) in [6, 6.07) is 3.80. The summed E-state index contributed by atoms with van der Waals surface area (Å²) in [7, 11) is 5.81. The van der Waals surface area contributed by atoms with Crippen LogP contribution in [-0.4, -0.2) is 56.5 Å². The molecule has 0 aromatic carbocycles. The van der Waals surface area contributed by atoms with Gasteiger partial charge in [-0.15, -0.1) is 0 Å². The Morgan fingerprint density at radius 2 is 2.09 bits per heavy atom. The zero-order valence-corrected chi connectivity index (χ0v) is 13.6. The van der Waals surface area contributed by atoms with Crippen molar-refractivity contribution in [1.29, 1.82) is 5.26 Å². The molecule has 7 heteroatoms. The Kier molecular flexibility index (Phi) is 3.92. The van der Waals surface area contributed by atoms with Crippen LogP contribution in [-0.2, 0) is 14.1 Å². The molecule has 1 saturated heterocycles. The highest BCUT2D eigenvalue weighted by molar-refractivity contribution is 5.93. The van der Waals surface area contributed by atoms with E-state index >= 15 is 0 Å². The maximum absolute atomic E-state index is 12.8. The number of aromatic nitrogens is 3. The minimum absolute atomic E-state index is 0.0405. The number of piperazine rings is 1. The molecule has 0 aliphatic carbocycles. The molecule has 120 valence electrons. The lowest BCUT2D eigenvalue weighted by molar-refractivity contribution is 0.0520. The number of aryl methyl sites for hydroxylation is 2. The molecular formula is C16H20N6O. The molecule has 0 unspecified atom stereocenters. The predicted octanol–water partition coefficient (Wildman–Crippen LogP) is 0.759. The van der Waals surface area contributed by atoms with Crippen LogP contribution in [0.4, 0.5) is 0 Å². The SMILES string of the molecule is CN1CCN(C(=O)c2cc(C#N)cn2C)C[C@H]1c1nccn1C. The van der Waals surface area contributed by atoms with E-state index in [1.54, 1.807) is 30.1 Å². The molecule has 1 aliphatic heterocycles. The number of hydrogen-bond acceptors (Lipinski definition) is 4. The Hall–Kier alpha value is -2.59. The van der Waals surface area contributed by atoms with Crippen molar-refractivity contribution in [3.8, 4) is 6.07 Å². The Morgan fingerprint density at radius 3 is 2.70 bits per heavy atom. The van der Waals surface area contributed by atoms with Crippen molar-refractivity contribution < 1.29 is 4.79 Å². The van der Waals surface area contributed by atoms with Gasteiger partial charge < -0.3 is 14.0 Å². The minimum Gasteiger partial charge on any atom is -0.345 e. The van der Waals surface area contributed by atoms with E-state index in [-0.39, 0.29) is 11.9 Å². The first-order valence-corrected chi connectivity index (χ1v) is 7.54. The lowest BCUT2D eigenvalue weighted by Crippen LogP contribution is -2.49. The fourth-order valence-electron chi connectivity index (χ4n) is 3.04. The quantitative estimate of drug-likeness (QED) is 0.821. The van der Waals surface area contributed by atoms with Crippen molar-refractivity contribution in [2.75, 3.05) is 26.7 Å². The Balaban J connectivity index is 1.83. The van der Waals surface area contributed by atoms with Crippen LogP contribution in [0.1, 0.15) is 27.9 Å². The molecule has 0 spiro atoms. The van der Waals surface area contributed by atoms with Crippen LogP contribution in [0.15, 0.2) is 24.7 Å². The van der Waals surface area contributed by atoms with Crippen molar-refractivity contribution in [1.82, 2.24) is 23.9 Å². The van der Waals surface area contributed by atoms with Crippen LogP contribution < -0.4 is 0 Å². The summed E-state index contributed by atoms with van der Waals surface area (Å²) < 4.78 is 3.71. The summed E-state index contributed by atoms with van der Waals surface area (Å²) in [6.45, 7) is 2.05. The average Bonchev–Trinajstić information content (AvgIpc) is 3.13. The molecule has 2 aromatic heterocycles. The van der Waals surface area contributed by atoms with Gasteiger partial charge in [-0.3, -0.25) is 9.69 Å². The second kappa shape index (κ2) is 5.89. The first-order chi connectivity index (χ1) is 11.0. The summed E-state index contributed by atoms with van der Waals surface area (Å²) in [5.74, 6) is 0.913. The molecule has 3 rings (SSSR count). The monoisotopic (exact) mass is 312 g/mol. The zero-order valence-electron chi connectivity index (χ0n) is 13.6. The summed E-state index contributed by atoms with van der Waals surface area (Å²) in [6.07, 6.45) is 5.38. The van der Waals surface area contributed by atoms with Crippen LogP contribution in [0.3, 0.4) is 0 Å². The van der Waals surface area contributed by atoms with E-state index < -0.39 is 0 Å². The van der Waals surface area contributed by atoms with Gasteiger partial charge in [0.15, 0.2) is 0 Å². The van der Waals surface area contributed by atoms with Gasteiger partial charge in [0.05, 0.1) is 11.6 Å². The normalized spacial score (nSPS) is 18.9. The Labute approximate surface area is 135 Å². The van der Waals surface area contributed by atoms with E-state index in [0.717, 1.165) is 12.4 Å². The number of imidazole rings is 1. The molecule has 1 amide bonds. The molecule has 0 N–H and O–H groups in total. The first kappa shape index (κ1) is 15.3. The second-order valence-corrected chi connectivity index (χ2v) is 5.98. The molecule has 3 heterocycles. The van der Waals surface area contributed by atoms with Gasteiger partial charge in [-0.1, -0.05) is 0 Å². The van der Waals surface area contributed by atoms with Crippen LogP contribution in [0, 0.1) is 11.3 Å². The topological polar surface area (TPSA) is 70.1 Å². The Bertz CT molecular complexity index is 768. The number of hydrogen-bond donors (Lipinski definition) is 0. The van der Waals surface area contributed by atoms with E-state index in [2.05, 4.69) is 23.0 Å². The number of likely N-dealkylation sites (N-methyl/N-ethyl adjacent to an activating group) is 1. The molecular weight excluding hydrogens is 292 g/mol. The van der Waals surface area contributed by atoms with E-state index in [1.165, 1.54) is 0 Å². The average molecular weight is 312 g/mol.